The van der Waals surface area contributed by atoms with Crippen molar-refractivity contribution in [1.82, 2.24) is 0 Å². The van der Waals surface area contributed by atoms with Gasteiger partial charge in [0.15, 0.2) is 0 Å². The van der Waals surface area contributed by atoms with Crippen LogP contribution in [0.4, 0.5) is 0 Å². The summed E-state index contributed by atoms with van der Waals surface area (Å²) in [7, 11) is 1.00. The smallest absolute Gasteiger partial charge is 0.141 e. The monoisotopic (exact) mass is 417 g/mol. The van der Waals surface area contributed by atoms with Gasteiger partial charge in [0.05, 0.1) is 6.26 Å². The lowest BCUT2D eigenvalue weighted by molar-refractivity contribution is -0.107. The minimum atomic E-state index is 0.341. The predicted octanol–water partition coefficient (Wildman–Crippen LogP) is 4.80. The fraction of sp³-hybridized carbons (Fsp3) is 0.192. The van der Waals surface area contributed by atoms with Crippen LogP contribution in [0.3, 0.4) is 0 Å². The molecule has 0 aliphatic heterocycles. The Morgan fingerprint density at radius 3 is 2.55 bits per heavy atom. The number of aliphatic hydroxyl groups is 1. The van der Waals surface area contributed by atoms with Crippen molar-refractivity contribution in [3.63, 3.8) is 0 Å². The van der Waals surface area contributed by atoms with Crippen molar-refractivity contribution in [2.24, 2.45) is 5.73 Å². The molecule has 160 valence electrons. The summed E-state index contributed by atoms with van der Waals surface area (Å²) in [5.41, 5.74) is 13.1. The van der Waals surface area contributed by atoms with E-state index in [2.05, 4.69) is 31.2 Å². The molecule has 0 saturated heterocycles. The first kappa shape index (κ1) is 22.3. The van der Waals surface area contributed by atoms with Crippen LogP contribution >= 0.6 is 0 Å². The van der Waals surface area contributed by atoms with Gasteiger partial charge in [0, 0.05) is 36.6 Å². The molecule has 0 aliphatic carbocycles. The molecule has 0 aliphatic rings. The van der Waals surface area contributed by atoms with Crippen LogP contribution in [0.2, 0.25) is 0 Å². The van der Waals surface area contributed by atoms with Gasteiger partial charge >= 0.3 is 0 Å². The van der Waals surface area contributed by atoms with Gasteiger partial charge in [-0.1, -0.05) is 36.4 Å². The lowest BCUT2D eigenvalue weighted by Gasteiger charge is -2.14. The molecule has 3 N–H and O–H groups in total. The molecule has 5 heteroatoms. The van der Waals surface area contributed by atoms with Crippen LogP contribution < -0.4 is 10.5 Å². The van der Waals surface area contributed by atoms with Crippen LogP contribution in [0.5, 0.6) is 5.75 Å². The number of carbonyl (C=O) groups excluding carboxylic acids is 1. The van der Waals surface area contributed by atoms with Crippen LogP contribution in [0.1, 0.15) is 22.3 Å². The number of fused-ring (bicyclic) bond motifs is 1. The van der Waals surface area contributed by atoms with E-state index in [1.54, 1.807) is 6.26 Å². The zero-order valence-corrected chi connectivity index (χ0v) is 17.8. The van der Waals surface area contributed by atoms with Gasteiger partial charge in [-0.05, 0) is 53.4 Å². The normalized spacial score (nSPS) is 10.5. The third-order valence-electron chi connectivity index (χ3n) is 5.24. The molecule has 31 heavy (non-hydrogen) atoms. The van der Waals surface area contributed by atoms with Crippen LogP contribution in [0.25, 0.3) is 22.1 Å². The zero-order chi connectivity index (χ0) is 22.2. The van der Waals surface area contributed by atoms with Crippen LogP contribution in [-0.2, 0) is 24.4 Å². The standard InChI is InChI=1S/C25H23NO3.CH4O/c1-17-21(15-26)6-4-7-22(17)23-14-18(13-20-10-12-28-25(20)23)16-29-24-8-3-2-5-19(24)9-11-27;1-2/h2-8,10-14H,9,15-16,26H2,1H3;2H,1H3. The average molecular weight is 418 g/mol. The molecule has 0 saturated carbocycles. The van der Waals surface area contributed by atoms with Gasteiger partial charge in [-0.25, -0.2) is 0 Å². The van der Waals surface area contributed by atoms with E-state index in [0.29, 0.717) is 19.6 Å². The molecule has 0 atom stereocenters. The van der Waals surface area contributed by atoms with E-state index in [9.17, 15) is 4.79 Å². The number of hydrogen-bond donors (Lipinski definition) is 2. The lowest BCUT2D eigenvalue weighted by atomic mass is 9.94. The Morgan fingerprint density at radius 2 is 1.77 bits per heavy atom. The summed E-state index contributed by atoms with van der Waals surface area (Å²) in [4.78, 5) is 10.9. The highest BCUT2D eigenvalue weighted by Gasteiger charge is 2.13. The molecule has 0 radical (unpaired) electrons. The summed E-state index contributed by atoms with van der Waals surface area (Å²) >= 11 is 0. The molecule has 5 nitrogen and oxygen atoms in total. The average Bonchev–Trinajstić information content (AvgIpc) is 3.28. The van der Waals surface area contributed by atoms with E-state index in [1.807, 2.05) is 36.4 Å². The number of ether oxygens (including phenoxy) is 1. The van der Waals surface area contributed by atoms with Gasteiger partial charge in [0.25, 0.3) is 0 Å². The van der Waals surface area contributed by atoms with Crippen molar-refractivity contribution in [3.8, 4) is 16.9 Å². The predicted molar refractivity (Wildman–Crippen MR) is 123 cm³/mol. The third kappa shape index (κ3) is 4.85. The summed E-state index contributed by atoms with van der Waals surface area (Å²) in [6, 6.07) is 19.9. The number of benzene rings is 3. The first-order valence-electron chi connectivity index (χ1n) is 10.1. The summed E-state index contributed by atoms with van der Waals surface area (Å²) in [5.74, 6) is 0.731. The number of furan rings is 1. The fourth-order valence-corrected chi connectivity index (χ4v) is 3.69. The Hall–Kier alpha value is -3.41. The maximum Gasteiger partial charge on any atom is 0.141 e. The first-order valence-corrected chi connectivity index (χ1v) is 10.1. The molecule has 0 spiro atoms. The van der Waals surface area contributed by atoms with Crippen LogP contribution in [0, 0.1) is 6.92 Å². The van der Waals surface area contributed by atoms with E-state index >= 15 is 0 Å². The van der Waals surface area contributed by atoms with Crippen LogP contribution in [-0.4, -0.2) is 18.5 Å². The molecule has 3 aromatic carbocycles. The SMILES string of the molecule is CO.Cc1c(CN)cccc1-c1cc(COc2ccccc2CC=O)cc2ccoc12. The number of nitrogens with two attached hydrogens (primary N) is 1. The van der Waals surface area contributed by atoms with E-state index in [4.69, 9.17) is 20.0 Å². The number of rotatable bonds is 7. The third-order valence-corrected chi connectivity index (χ3v) is 5.24. The second-order valence-electron chi connectivity index (χ2n) is 7.04. The first-order chi connectivity index (χ1) is 15.2. The molecular weight excluding hydrogens is 390 g/mol. The van der Waals surface area contributed by atoms with Crippen molar-refractivity contribution in [1.29, 1.82) is 0 Å². The largest absolute Gasteiger partial charge is 0.489 e. The highest BCUT2D eigenvalue weighted by atomic mass is 16.5. The summed E-state index contributed by atoms with van der Waals surface area (Å²) in [6.07, 6.45) is 2.94. The number of hydrogen-bond acceptors (Lipinski definition) is 5. The van der Waals surface area contributed by atoms with E-state index in [-0.39, 0.29) is 0 Å². The molecule has 4 aromatic rings. The van der Waals surface area contributed by atoms with E-state index in [1.165, 1.54) is 0 Å². The van der Waals surface area contributed by atoms with Crippen LogP contribution in [0.15, 0.2) is 71.3 Å². The molecule has 0 fully saturated rings. The number of para-hydroxylation sites is 1. The summed E-state index contributed by atoms with van der Waals surface area (Å²) in [6.45, 7) is 2.99. The Morgan fingerprint density at radius 1 is 1.00 bits per heavy atom. The quantitative estimate of drug-likeness (QED) is 0.422. The molecular formula is C26H27NO4. The molecule has 0 amide bonds. The minimum absolute atomic E-state index is 0.341. The van der Waals surface area contributed by atoms with Gasteiger partial charge in [-0.15, -0.1) is 0 Å². The number of aldehydes is 1. The highest BCUT2D eigenvalue weighted by Crippen LogP contribution is 2.34. The van der Waals surface area contributed by atoms with Gasteiger partial charge in [-0.3, -0.25) is 0 Å². The Balaban J connectivity index is 0.00000132. The fourth-order valence-electron chi connectivity index (χ4n) is 3.69. The number of aliphatic hydroxyl groups excluding tert-OH is 1. The highest BCUT2D eigenvalue weighted by molar-refractivity contribution is 5.94. The van der Waals surface area contributed by atoms with Gasteiger partial charge in [-0.2, -0.15) is 0 Å². The number of carbonyl (C=O) groups is 1. The Kier molecular flexibility index (Phi) is 7.60. The second kappa shape index (κ2) is 10.6. The lowest BCUT2D eigenvalue weighted by Crippen LogP contribution is -2.01. The molecule has 1 heterocycles. The van der Waals surface area contributed by atoms with Crippen molar-refractivity contribution in [3.05, 3.63) is 89.2 Å². The van der Waals surface area contributed by atoms with Gasteiger partial charge in [0.1, 0.15) is 24.2 Å². The molecule has 0 unspecified atom stereocenters. The van der Waals surface area contributed by atoms with Crippen molar-refractivity contribution in [2.45, 2.75) is 26.5 Å². The van der Waals surface area contributed by atoms with Gasteiger partial charge < -0.3 is 24.8 Å². The van der Waals surface area contributed by atoms with Crippen molar-refractivity contribution < 1.29 is 19.1 Å². The molecule has 0 bridgehead atoms. The topological polar surface area (TPSA) is 85.7 Å². The summed E-state index contributed by atoms with van der Waals surface area (Å²) < 4.78 is 11.8. The summed E-state index contributed by atoms with van der Waals surface area (Å²) in [5, 5.41) is 8.03. The van der Waals surface area contributed by atoms with E-state index in [0.717, 1.165) is 63.5 Å². The maximum absolute atomic E-state index is 10.9. The Bertz CT molecular complexity index is 1160. The maximum atomic E-state index is 10.9. The minimum Gasteiger partial charge on any atom is -0.489 e. The second-order valence-corrected chi connectivity index (χ2v) is 7.04. The van der Waals surface area contributed by atoms with Gasteiger partial charge in [0.2, 0.25) is 0 Å². The van der Waals surface area contributed by atoms with Crippen molar-refractivity contribution >= 4 is 17.3 Å². The molecule has 1 aromatic heterocycles. The van der Waals surface area contributed by atoms with Crippen molar-refractivity contribution in [2.75, 3.05) is 7.11 Å². The Labute approximate surface area is 182 Å². The van der Waals surface area contributed by atoms with E-state index < -0.39 is 0 Å². The molecule has 4 rings (SSSR count). The zero-order valence-electron chi connectivity index (χ0n) is 17.8.